The Morgan fingerprint density at radius 2 is 1.64 bits per heavy atom. The molecule has 0 saturated carbocycles. The van der Waals surface area contributed by atoms with Crippen LogP contribution in [0.5, 0.6) is 0 Å². The van der Waals surface area contributed by atoms with Crippen LogP contribution in [-0.2, 0) is 49.5 Å². The van der Waals surface area contributed by atoms with Crippen LogP contribution in [0.15, 0.2) is 94.4 Å². The van der Waals surface area contributed by atoms with E-state index in [1.165, 1.54) is 12.1 Å². The number of hydrogen-bond acceptors (Lipinski definition) is 11. The molecule has 53 heavy (non-hydrogen) atoms. The van der Waals surface area contributed by atoms with Crippen molar-refractivity contribution in [3.63, 3.8) is 0 Å². The van der Waals surface area contributed by atoms with Crippen LogP contribution in [0.1, 0.15) is 77.8 Å². The number of rotatable bonds is 15. The van der Waals surface area contributed by atoms with Gasteiger partial charge in [-0.15, -0.1) is 9.40 Å². The zero-order chi connectivity index (χ0) is 38.6. The Bertz CT molecular complexity index is 2030. The highest BCUT2D eigenvalue weighted by atomic mass is 32.2. The third kappa shape index (κ3) is 8.56. The fourth-order valence-corrected chi connectivity index (χ4v) is 7.89. The van der Waals surface area contributed by atoms with Crippen molar-refractivity contribution in [2.24, 2.45) is 0 Å². The lowest BCUT2D eigenvalue weighted by atomic mass is 9.81. The third-order valence-corrected chi connectivity index (χ3v) is 11.1. The Morgan fingerprint density at radius 3 is 2.32 bits per heavy atom. The van der Waals surface area contributed by atoms with Crippen LogP contribution in [0.25, 0.3) is 0 Å². The van der Waals surface area contributed by atoms with E-state index in [2.05, 4.69) is 45.7 Å². The quantitative estimate of drug-likeness (QED) is 0.0283. The summed E-state index contributed by atoms with van der Waals surface area (Å²) >= 11 is 0.928. The van der Waals surface area contributed by atoms with Crippen molar-refractivity contribution < 1.29 is 51.4 Å². The third-order valence-electron chi connectivity index (χ3n) is 9.67. The molecule has 2 aromatic carbocycles. The minimum atomic E-state index is -4.42. The first kappa shape index (κ1) is 39.8. The summed E-state index contributed by atoms with van der Waals surface area (Å²) in [5.41, 5.74) is 4.85. The first-order valence-electron chi connectivity index (χ1n) is 17.2. The molecule has 2 aromatic rings. The minimum absolute atomic E-state index is 0.00760. The average molecular weight is 767 g/mol. The van der Waals surface area contributed by atoms with Crippen molar-refractivity contribution in [3.05, 3.63) is 95.8 Å². The SMILES string of the molecule is CCN1C(=CC=CC=CC=CC2=[N+](CCCCC(=O)ON3C(=O)CCC3=O)c3ccc(S(=O)(=O)O)cc3C2(C)C)C(C)(C)c2cc(SOOO)ccc21. The Hall–Kier alpha value is -4.38. The molecule has 0 bridgehead atoms. The number of nitrogens with zero attached hydrogens (tertiary/aromatic N) is 3. The van der Waals surface area contributed by atoms with Crippen molar-refractivity contribution in [2.45, 2.75) is 87.3 Å². The normalized spacial score (nSPS) is 18.8. The topological polar surface area (TPSA) is 163 Å². The second-order valence-corrected chi connectivity index (χ2v) is 16.0. The zero-order valence-corrected chi connectivity index (χ0v) is 31.9. The van der Waals surface area contributed by atoms with E-state index in [0.717, 1.165) is 57.4 Å². The second-order valence-electron chi connectivity index (χ2n) is 13.8. The maximum atomic E-state index is 12.4. The minimum Gasteiger partial charge on any atom is -0.344 e. The molecule has 0 atom stereocenters. The summed E-state index contributed by atoms with van der Waals surface area (Å²) in [6.07, 6.45) is 14.7. The first-order valence-corrected chi connectivity index (χ1v) is 19.4. The van der Waals surface area contributed by atoms with Gasteiger partial charge in [-0.1, -0.05) is 49.3 Å². The summed E-state index contributed by atoms with van der Waals surface area (Å²) in [5, 5.41) is 12.8. The van der Waals surface area contributed by atoms with Gasteiger partial charge >= 0.3 is 5.97 Å². The van der Waals surface area contributed by atoms with E-state index in [0.29, 0.717) is 24.4 Å². The number of unbranched alkanes of at least 4 members (excludes halogenated alkanes) is 1. The molecule has 3 heterocycles. The molecule has 3 aliphatic rings. The average Bonchev–Trinajstić information content (AvgIpc) is 3.62. The van der Waals surface area contributed by atoms with Gasteiger partial charge in [0.25, 0.3) is 21.9 Å². The van der Waals surface area contributed by atoms with E-state index in [4.69, 9.17) is 10.1 Å². The van der Waals surface area contributed by atoms with Gasteiger partial charge in [-0.25, -0.2) is 10.1 Å². The van der Waals surface area contributed by atoms with Crippen molar-refractivity contribution in [3.8, 4) is 0 Å². The Kier molecular flexibility index (Phi) is 12.3. The van der Waals surface area contributed by atoms with Crippen LogP contribution in [0.2, 0.25) is 0 Å². The molecule has 282 valence electrons. The number of carbonyl (C=O) groups is 3. The van der Waals surface area contributed by atoms with Gasteiger partial charge in [0.15, 0.2) is 5.71 Å². The van der Waals surface area contributed by atoms with Crippen molar-refractivity contribution >= 4 is 57.0 Å². The standard InChI is InChI=1S/C38H43N3O10S2/c1-6-39-30-19-17-26(52-51-50-45)24-28(30)37(2,3)32(39)14-10-8-7-9-11-15-33-38(4,5)29-25-27(53(46,47)48)18-20-31(29)40(33)23-13-12-16-36(44)49-41-34(42)21-22-35(41)43/h7-11,14-15,17-20,24-25H,6,12-13,16,21-23H2,1-5H3,(H-,45,46,47,48)/p+1. The predicted octanol–water partition coefficient (Wildman–Crippen LogP) is 6.89. The Balaban J connectivity index is 1.31. The van der Waals surface area contributed by atoms with Gasteiger partial charge < -0.3 is 9.74 Å². The summed E-state index contributed by atoms with van der Waals surface area (Å²) in [7, 11) is -4.42. The number of benzene rings is 2. The molecule has 13 nitrogen and oxygen atoms in total. The molecule has 0 aromatic heterocycles. The number of hydrogen-bond donors (Lipinski definition) is 2. The number of anilines is 1. The van der Waals surface area contributed by atoms with E-state index >= 15 is 0 Å². The lowest BCUT2D eigenvalue weighted by molar-refractivity contribution is -0.438. The molecule has 1 saturated heterocycles. The highest BCUT2D eigenvalue weighted by Crippen LogP contribution is 2.49. The summed E-state index contributed by atoms with van der Waals surface area (Å²) in [6, 6.07) is 10.5. The predicted molar refractivity (Wildman–Crippen MR) is 199 cm³/mol. The molecular formula is C38H44N3O10S2+. The molecule has 3 aliphatic heterocycles. The van der Waals surface area contributed by atoms with Gasteiger partial charge in [0.2, 0.25) is 5.69 Å². The summed E-state index contributed by atoms with van der Waals surface area (Å²) in [5.74, 6) is -1.72. The van der Waals surface area contributed by atoms with Crippen LogP contribution < -0.4 is 4.90 Å². The largest absolute Gasteiger partial charge is 0.344 e. The van der Waals surface area contributed by atoms with Crippen LogP contribution >= 0.6 is 12.0 Å². The molecule has 0 radical (unpaired) electrons. The number of allylic oxidation sites excluding steroid dienone is 8. The number of likely N-dealkylation sites (N-methyl/N-ethyl adjacent to an activating group) is 1. The second kappa shape index (κ2) is 16.3. The lowest BCUT2D eigenvalue weighted by Crippen LogP contribution is -2.32. The highest BCUT2D eigenvalue weighted by molar-refractivity contribution is 7.94. The van der Waals surface area contributed by atoms with Crippen LogP contribution in [0.4, 0.5) is 11.4 Å². The number of hydroxylamine groups is 2. The number of carbonyl (C=O) groups excluding carboxylic acids is 3. The number of imide groups is 1. The van der Waals surface area contributed by atoms with Crippen molar-refractivity contribution in [2.75, 3.05) is 18.0 Å². The van der Waals surface area contributed by atoms with E-state index in [9.17, 15) is 27.4 Å². The van der Waals surface area contributed by atoms with Crippen LogP contribution in [0, 0.1) is 0 Å². The molecular weight excluding hydrogens is 723 g/mol. The number of fused-ring (bicyclic) bond motifs is 2. The molecule has 0 aliphatic carbocycles. The molecule has 2 N–H and O–H groups in total. The van der Waals surface area contributed by atoms with E-state index in [1.807, 2.05) is 68.5 Å². The highest BCUT2D eigenvalue weighted by Gasteiger charge is 2.45. The fourth-order valence-electron chi connectivity index (χ4n) is 6.99. The molecule has 0 unspecified atom stereocenters. The smallest absolute Gasteiger partial charge is 0.333 e. The van der Waals surface area contributed by atoms with Gasteiger partial charge in [0.05, 0.1) is 22.4 Å². The van der Waals surface area contributed by atoms with E-state index < -0.39 is 33.3 Å². The Morgan fingerprint density at radius 1 is 0.943 bits per heavy atom. The summed E-state index contributed by atoms with van der Waals surface area (Å²) in [4.78, 5) is 43.8. The van der Waals surface area contributed by atoms with Gasteiger partial charge in [-0.2, -0.15) is 13.0 Å². The van der Waals surface area contributed by atoms with Crippen molar-refractivity contribution in [1.82, 2.24) is 5.06 Å². The van der Waals surface area contributed by atoms with E-state index in [-0.39, 0.29) is 29.6 Å². The molecule has 1 fully saturated rings. The van der Waals surface area contributed by atoms with Gasteiger partial charge in [-0.05, 0) is 69.2 Å². The molecule has 2 amide bonds. The van der Waals surface area contributed by atoms with Crippen LogP contribution in [-0.4, -0.2) is 64.5 Å². The summed E-state index contributed by atoms with van der Waals surface area (Å²) < 4.78 is 40.4. The van der Waals surface area contributed by atoms with Gasteiger partial charge in [0.1, 0.15) is 6.54 Å². The fraction of sp³-hybridized carbons (Fsp3) is 0.368. The Labute approximate surface area is 313 Å². The molecule has 0 spiro atoms. The maximum absolute atomic E-state index is 12.4. The maximum Gasteiger partial charge on any atom is 0.333 e. The monoisotopic (exact) mass is 766 g/mol. The number of amides is 2. The van der Waals surface area contributed by atoms with Crippen LogP contribution in [0.3, 0.4) is 0 Å². The zero-order valence-electron chi connectivity index (χ0n) is 30.3. The van der Waals surface area contributed by atoms with Gasteiger partial charge in [-0.3, -0.25) is 14.1 Å². The first-order chi connectivity index (χ1) is 25.1. The summed E-state index contributed by atoms with van der Waals surface area (Å²) in [6.45, 7) is 11.6. The molecule has 15 heteroatoms. The van der Waals surface area contributed by atoms with Crippen molar-refractivity contribution in [1.29, 1.82) is 0 Å². The lowest BCUT2D eigenvalue weighted by Gasteiger charge is -2.25. The van der Waals surface area contributed by atoms with E-state index in [1.54, 1.807) is 6.07 Å². The molecule has 5 rings (SSSR count). The van der Waals surface area contributed by atoms with Gasteiger partial charge in [0, 0.05) is 71.6 Å².